The number of nitrogens with zero attached hydrogens (tertiary/aromatic N) is 3. The fourth-order valence-corrected chi connectivity index (χ4v) is 3.13. The molecule has 3 rings (SSSR count). The lowest BCUT2D eigenvalue weighted by molar-refractivity contribution is -0.154. The predicted octanol–water partition coefficient (Wildman–Crippen LogP) is 1.57. The number of H-pyrrole nitrogens is 1. The number of benzene rings is 2. The number of carbonyl (C=O) groups is 2. The fourth-order valence-electron chi connectivity index (χ4n) is 3.13. The second-order valence-electron chi connectivity index (χ2n) is 6.74. The van der Waals surface area contributed by atoms with Gasteiger partial charge >= 0.3 is 5.97 Å². The maximum atomic E-state index is 12.8. The Hall–Kier alpha value is -4.19. The van der Waals surface area contributed by atoms with Crippen molar-refractivity contribution in [2.24, 2.45) is 0 Å². The van der Waals surface area contributed by atoms with E-state index in [1.165, 1.54) is 24.0 Å². The summed E-state index contributed by atoms with van der Waals surface area (Å²) in [5.74, 6) is -1.36. The van der Waals surface area contributed by atoms with Crippen LogP contribution in [0.25, 0.3) is 10.8 Å². The van der Waals surface area contributed by atoms with Crippen molar-refractivity contribution < 1.29 is 14.3 Å². The van der Waals surface area contributed by atoms with Crippen LogP contribution in [-0.2, 0) is 20.9 Å². The quantitative estimate of drug-likeness (QED) is 0.579. The molecule has 1 unspecified atom stereocenters. The summed E-state index contributed by atoms with van der Waals surface area (Å²) in [7, 11) is 0. The van der Waals surface area contributed by atoms with Crippen LogP contribution in [0, 0.1) is 11.3 Å². The van der Waals surface area contributed by atoms with E-state index in [1.54, 1.807) is 42.5 Å². The molecule has 0 saturated carbocycles. The molecule has 1 amide bonds. The standard InChI is InChI=1S/C22H20N4O5/c1-15(21(29)25(13-7-12-23)16-8-3-2-4-9-16)31-19(27)14-26-22(30)18-11-6-5-10-17(18)20(28)24-26/h2-6,8-11,15H,7,13-14H2,1H3,(H,24,28). The van der Waals surface area contributed by atoms with Crippen LogP contribution in [0.1, 0.15) is 13.3 Å². The number of rotatable bonds is 7. The Labute approximate surface area is 177 Å². The summed E-state index contributed by atoms with van der Waals surface area (Å²) in [4.78, 5) is 51.3. The van der Waals surface area contributed by atoms with Gasteiger partial charge in [-0.1, -0.05) is 30.3 Å². The second-order valence-corrected chi connectivity index (χ2v) is 6.74. The van der Waals surface area contributed by atoms with Crippen LogP contribution in [0.4, 0.5) is 5.69 Å². The fraction of sp³-hybridized carbons (Fsp3) is 0.227. The van der Waals surface area contributed by atoms with Crippen LogP contribution >= 0.6 is 0 Å². The van der Waals surface area contributed by atoms with Gasteiger partial charge in [0, 0.05) is 12.2 Å². The van der Waals surface area contributed by atoms with E-state index in [4.69, 9.17) is 10.00 Å². The van der Waals surface area contributed by atoms with Gasteiger partial charge in [0.1, 0.15) is 6.54 Å². The summed E-state index contributed by atoms with van der Waals surface area (Å²) in [6.45, 7) is 0.993. The van der Waals surface area contributed by atoms with Gasteiger partial charge in [-0.05, 0) is 31.2 Å². The Balaban J connectivity index is 1.75. The molecule has 0 bridgehead atoms. The average molecular weight is 420 g/mol. The summed E-state index contributed by atoms with van der Waals surface area (Å²) in [6.07, 6.45) is -1.05. The number of para-hydroxylation sites is 1. The van der Waals surface area contributed by atoms with Crippen molar-refractivity contribution in [3.05, 3.63) is 75.3 Å². The lowest BCUT2D eigenvalue weighted by Crippen LogP contribution is -2.41. The van der Waals surface area contributed by atoms with Gasteiger partial charge in [-0.3, -0.25) is 24.3 Å². The van der Waals surface area contributed by atoms with E-state index >= 15 is 0 Å². The third-order valence-electron chi connectivity index (χ3n) is 4.61. The number of carbonyl (C=O) groups excluding carboxylic acids is 2. The van der Waals surface area contributed by atoms with Crippen LogP contribution < -0.4 is 16.0 Å². The van der Waals surface area contributed by atoms with Gasteiger partial charge in [-0.25, -0.2) is 4.68 Å². The molecule has 0 aliphatic rings. The molecule has 1 heterocycles. The Morgan fingerprint density at radius 2 is 1.74 bits per heavy atom. The molecule has 9 nitrogen and oxygen atoms in total. The van der Waals surface area contributed by atoms with Crippen LogP contribution in [0.3, 0.4) is 0 Å². The number of esters is 1. The van der Waals surface area contributed by atoms with Gasteiger partial charge < -0.3 is 9.64 Å². The van der Waals surface area contributed by atoms with E-state index in [0.717, 1.165) is 4.68 Å². The van der Waals surface area contributed by atoms with Crippen molar-refractivity contribution in [2.75, 3.05) is 11.4 Å². The zero-order valence-electron chi connectivity index (χ0n) is 16.8. The molecule has 158 valence electrons. The van der Waals surface area contributed by atoms with E-state index in [1.807, 2.05) is 6.07 Å². The summed E-state index contributed by atoms with van der Waals surface area (Å²) in [6, 6.07) is 17.0. The number of hydrogen-bond donors (Lipinski definition) is 1. The molecule has 0 spiro atoms. The molecule has 0 aliphatic carbocycles. The van der Waals surface area contributed by atoms with E-state index in [-0.39, 0.29) is 23.7 Å². The number of aromatic nitrogens is 2. The smallest absolute Gasteiger partial charge is 0.328 e. The highest BCUT2D eigenvalue weighted by Gasteiger charge is 2.25. The van der Waals surface area contributed by atoms with Gasteiger partial charge in [-0.2, -0.15) is 5.26 Å². The van der Waals surface area contributed by atoms with Gasteiger partial charge in [0.05, 0.1) is 23.3 Å². The number of nitriles is 1. The molecule has 0 aliphatic heterocycles. The lowest BCUT2D eigenvalue weighted by Gasteiger charge is -2.25. The molecule has 0 saturated heterocycles. The van der Waals surface area contributed by atoms with E-state index in [9.17, 15) is 19.2 Å². The van der Waals surface area contributed by atoms with Crippen molar-refractivity contribution in [3.8, 4) is 6.07 Å². The molecule has 1 aromatic heterocycles. The Morgan fingerprint density at radius 3 is 2.42 bits per heavy atom. The SMILES string of the molecule is CC(OC(=O)Cn1[nH]c(=O)c2ccccc2c1=O)C(=O)N(CCC#N)c1ccccc1. The Morgan fingerprint density at radius 1 is 1.10 bits per heavy atom. The highest BCUT2D eigenvalue weighted by Crippen LogP contribution is 2.16. The Bertz CT molecular complexity index is 1260. The normalized spacial score (nSPS) is 11.5. The van der Waals surface area contributed by atoms with Crippen molar-refractivity contribution >= 4 is 28.3 Å². The first-order chi connectivity index (χ1) is 14.9. The summed E-state index contributed by atoms with van der Waals surface area (Å²) < 4.78 is 6.07. The Kier molecular flexibility index (Phi) is 6.62. The minimum absolute atomic E-state index is 0.106. The summed E-state index contributed by atoms with van der Waals surface area (Å²) in [5.41, 5.74) is -0.495. The van der Waals surface area contributed by atoms with E-state index < -0.39 is 35.6 Å². The minimum Gasteiger partial charge on any atom is -0.451 e. The molecule has 9 heteroatoms. The maximum Gasteiger partial charge on any atom is 0.328 e. The predicted molar refractivity (Wildman–Crippen MR) is 113 cm³/mol. The highest BCUT2D eigenvalue weighted by molar-refractivity contribution is 5.97. The monoisotopic (exact) mass is 420 g/mol. The third kappa shape index (κ3) is 4.87. The molecule has 2 aromatic carbocycles. The first-order valence-electron chi connectivity index (χ1n) is 9.57. The summed E-state index contributed by atoms with van der Waals surface area (Å²) in [5, 5.41) is 11.6. The molecule has 0 fully saturated rings. The first kappa shape index (κ1) is 21.5. The molecule has 0 radical (unpaired) electrons. The highest BCUT2D eigenvalue weighted by atomic mass is 16.5. The number of anilines is 1. The zero-order valence-corrected chi connectivity index (χ0v) is 16.8. The van der Waals surface area contributed by atoms with Crippen molar-refractivity contribution in [1.82, 2.24) is 9.78 Å². The van der Waals surface area contributed by atoms with Gasteiger partial charge in [0.25, 0.3) is 17.0 Å². The number of amides is 1. The number of fused-ring (bicyclic) bond motifs is 1. The minimum atomic E-state index is -1.16. The van der Waals surface area contributed by atoms with Crippen molar-refractivity contribution in [3.63, 3.8) is 0 Å². The largest absolute Gasteiger partial charge is 0.451 e. The number of aromatic amines is 1. The molecule has 1 atom stereocenters. The van der Waals surface area contributed by atoms with E-state index in [0.29, 0.717) is 5.69 Å². The summed E-state index contributed by atoms with van der Waals surface area (Å²) >= 11 is 0. The molecular formula is C22H20N4O5. The molecule has 1 N–H and O–H groups in total. The zero-order chi connectivity index (χ0) is 22.4. The van der Waals surface area contributed by atoms with Gasteiger partial charge in [-0.15, -0.1) is 0 Å². The second kappa shape index (κ2) is 9.54. The topological polar surface area (TPSA) is 125 Å². The van der Waals surface area contributed by atoms with Crippen LogP contribution in [0.5, 0.6) is 0 Å². The van der Waals surface area contributed by atoms with E-state index in [2.05, 4.69) is 5.10 Å². The molecule has 31 heavy (non-hydrogen) atoms. The maximum absolute atomic E-state index is 12.8. The molecule has 3 aromatic rings. The number of ether oxygens (including phenoxy) is 1. The first-order valence-corrected chi connectivity index (χ1v) is 9.57. The number of hydrogen-bond acceptors (Lipinski definition) is 6. The van der Waals surface area contributed by atoms with Crippen LogP contribution in [0.2, 0.25) is 0 Å². The van der Waals surface area contributed by atoms with Gasteiger partial charge in [0.15, 0.2) is 6.10 Å². The molecular weight excluding hydrogens is 400 g/mol. The van der Waals surface area contributed by atoms with Crippen LogP contribution in [-0.4, -0.2) is 34.3 Å². The van der Waals surface area contributed by atoms with Crippen molar-refractivity contribution in [1.29, 1.82) is 5.26 Å². The third-order valence-corrected chi connectivity index (χ3v) is 4.61. The van der Waals surface area contributed by atoms with Crippen molar-refractivity contribution in [2.45, 2.75) is 26.0 Å². The number of nitrogens with one attached hydrogen (secondary N) is 1. The van der Waals surface area contributed by atoms with Gasteiger partial charge in [0.2, 0.25) is 0 Å². The lowest BCUT2D eigenvalue weighted by atomic mass is 10.2. The average Bonchev–Trinajstić information content (AvgIpc) is 2.78. The van der Waals surface area contributed by atoms with Crippen LogP contribution in [0.15, 0.2) is 64.2 Å².